The number of nitrogens with zero attached hydrogens (tertiary/aromatic N) is 1. The van der Waals surface area contributed by atoms with Crippen LogP contribution in [-0.4, -0.2) is 22.2 Å². The van der Waals surface area contributed by atoms with E-state index < -0.39 is 11.4 Å². The van der Waals surface area contributed by atoms with Crippen LogP contribution in [0.25, 0.3) is 11.3 Å². The number of hydrogen-bond acceptors (Lipinski definition) is 3. The van der Waals surface area contributed by atoms with Crippen molar-refractivity contribution in [3.8, 4) is 29.0 Å². The van der Waals surface area contributed by atoms with E-state index in [0.717, 1.165) is 0 Å². The first-order valence-electron chi connectivity index (χ1n) is 7.89. The van der Waals surface area contributed by atoms with Gasteiger partial charge in [0, 0.05) is 24.6 Å². The summed E-state index contributed by atoms with van der Waals surface area (Å²) in [6.07, 6.45) is 0.497. The number of pyridine rings is 1. The lowest BCUT2D eigenvalue weighted by Gasteiger charge is -2.19. The first-order valence-corrected chi connectivity index (χ1v) is 8.65. The molecule has 5 nitrogen and oxygen atoms in total. The minimum absolute atomic E-state index is 0.225. The predicted octanol–water partition coefficient (Wildman–Crippen LogP) is 4.33. The molecule has 7 heteroatoms. The van der Waals surface area contributed by atoms with Crippen LogP contribution in [0, 0.1) is 11.8 Å². The molecule has 26 heavy (non-hydrogen) atoms. The molecule has 136 valence electrons. The predicted molar refractivity (Wildman–Crippen MR) is 102 cm³/mol. The van der Waals surface area contributed by atoms with Gasteiger partial charge in [-0.25, -0.2) is 4.79 Å². The number of benzene rings is 1. The van der Waals surface area contributed by atoms with Gasteiger partial charge in [-0.2, -0.15) is 0 Å². The van der Waals surface area contributed by atoms with E-state index in [9.17, 15) is 14.7 Å². The molecule has 0 atom stereocenters. The lowest BCUT2D eigenvalue weighted by molar-refractivity contribution is 0.0695. The molecule has 0 saturated heterocycles. The molecule has 1 heterocycles. The van der Waals surface area contributed by atoms with Crippen LogP contribution >= 0.6 is 23.2 Å². The Bertz CT molecular complexity index is 954. The lowest BCUT2D eigenvalue weighted by Crippen LogP contribution is -2.22. The van der Waals surface area contributed by atoms with Gasteiger partial charge in [0.2, 0.25) is 5.43 Å². The number of carboxylic acids is 1. The fourth-order valence-electron chi connectivity index (χ4n) is 2.54. The fourth-order valence-corrected chi connectivity index (χ4v) is 2.84. The Labute approximate surface area is 161 Å². The normalized spacial score (nSPS) is 10.2. The largest absolute Gasteiger partial charge is 0.478 e. The summed E-state index contributed by atoms with van der Waals surface area (Å²) in [6, 6.07) is 5.89. The van der Waals surface area contributed by atoms with Crippen LogP contribution in [0.5, 0.6) is 5.88 Å². The third-order valence-corrected chi connectivity index (χ3v) is 4.39. The second-order valence-corrected chi connectivity index (χ2v) is 6.09. The van der Waals surface area contributed by atoms with Crippen LogP contribution in [-0.2, 0) is 6.54 Å². The molecule has 2 rings (SSSR count). The van der Waals surface area contributed by atoms with E-state index in [-0.39, 0.29) is 28.8 Å². The molecule has 0 aliphatic carbocycles. The molecule has 0 bridgehead atoms. The second kappa shape index (κ2) is 8.79. The van der Waals surface area contributed by atoms with E-state index >= 15 is 0 Å². The Hall–Kier alpha value is -2.42. The number of aromatic nitrogens is 1. The van der Waals surface area contributed by atoms with Crippen molar-refractivity contribution in [1.82, 2.24) is 4.57 Å². The smallest absolute Gasteiger partial charge is 0.341 e. The highest BCUT2D eigenvalue weighted by Crippen LogP contribution is 2.31. The molecular weight excluding hydrogens is 377 g/mol. The Balaban J connectivity index is 2.69. The molecule has 1 N–H and O–H groups in total. The van der Waals surface area contributed by atoms with Crippen LogP contribution in [0.3, 0.4) is 0 Å². The molecule has 0 aliphatic heterocycles. The molecule has 1 aromatic carbocycles. The minimum Gasteiger partial charge on any atom is -0.478 e. The highest BCUT2D eigenvalue weighted by molar-refractivity contribution is 6.42. The van der Waals surface area contributed by atoms with E-state index in [1.165, 1.54) is 12.1 Å². The van der Waals surface area contributed by atoms with Crippen molar-refractivity contribution >= 4 is 29.2 Å². The highest BCUT2D eigenvalue weighted by atomic mass is 35.5. The van der Waals surface area contributed by atoms with E-state index in [2.05, 4.69) is 11.8 Å². The van der Waals surface area contributed by atoms with Gasteiger partial charge < -0.3 is 14.4 Å². The summed E-state index contributed by atoms with van der Waals surface area (Å²) in [5.74, 6) is 4.60. The molecule has 0 saturated carbocycles. The van der Waals surface area contributed by atoms with Crippen LogP contribution in [0.1, 0.15) is 30.6 Å². The summed E-state index contributed by atoms with van der Waals surface area (Å²) in [7, 11) is 0. The third-order valence-electron chi connectivity index (χ3n) is 3.65. The van der Waals surface area contributed by atoms with Crippen LogP contribution < -0.4 is 10.2 Å². The van der Waals surface area contributed by atoms with E-state index in [1.54, 1.807) is 23.6 Å². The average molecular weight is 394 g/mol. The van der Waals surface area contributed by atoms with E-state index in [4.69, 9.17) is 27.9 Å². The quantitative estimate of drug-likeness (QED) is 0.585. The van der Waals surface area contributed by atoms with Crippen molar-refractivity contribution in [3.05, 3.63) is 50.1 Å². The maximum absolute atomic E-state index is 12.4. The summed E-state index contributed by atoms with van der Waals surface area (Å²) in [5, 5.41) is 10.2. The summed E-state index contributed by atoms with van der Waals surface area (Å²) in [5.41, 5.74) is -0.289. The average Bonchev–Trinajstić information content (AvgIpc) is 2.60. The number of halogens is 2. The first kappa shape index (κ1) is 19.9. The van der Waals surface area contributed by atoms with Gasteiger partial charge in [-0.15, -0.1) is 11.8 Å². The van der Waals surface area contributed by atoms with Crippen LogP contribution in [0.2, 0.25) is 10.0 Å². The van der Waals surface area contributed by atoms with Crippen LogP contribution in [0.4, 0.5) is 0 Å². The minimum atomic E-state index is -1.32. The second-order valence-electron chi connectivity index (χ2n) is 5.27. The van der Waals surface area contributed by atoms with Crippen molar-refractivity contribution in [3.63, 3.8) is 0 Å². The van der Waals surface area contributed by atoms with Crippen molar-refractivity contribution in [2.24, 2.45) is 0 Å². The standard InChI is InChI=1S/C19H17Cl2NO4/c1-3-5-6-9-26-16-11-15(23)17(19(24)25)18(22(16)4-2)12-7-8-13(20)14(21)10-12/h7-8,10-11H,4,6,9H2,1-2H3,(H,24,25). The molecule has 2 aromatic rings. The Morgan fingerprint density at radius 1 is 1.27 bits per heavy atom. The zero-order chi connectivity index (χ0) is 19.3. The number of aromatic carboxylic acids is 1. The molecule has 0 spiro atoms. The lowest BCUT2D eigenvalue weighted by atomic mass is 10.0. The van der Waals surface area contributed by atoms with Gasteiger partial charge in [0.05, 0.1) is 15.7 Å². The molecule has 0 aliphatic rings. The summed E-state index contributed by atoms with van der Waals surface area (Å²) in [4.78, 5) is 24.1. The number of carboxylic acid groups (broad SMARTS) is 1. The van der Waals surface area contributed by atoms with Crippen molar-refractivity contribution in [2.45, 2.75) is 26.8 Å². The molecule has 1 aromatic heterocycles. The molecule has 0 unspecified atom stereocenters. The van der Waals surface area contributed by atoms with Gasteiger partial charge in [0.25, 0.3) is 0 Å². The van der Waals surface area contributed by atoms with Gasteiger partial charge in [-0.3, -0.25) is 4.79 Å². The van der Waals surface area contributed by atoms with Gasteiger partial charge in [0.15, 0.2) is 5.88 Å². The Morgan fingerprint density at radius 3 is 2.58 bits per heavy atom. The summed E-state index contributed by atoms with van der Waals surface area (Å²) < 4.78 is 7.30. The van der Waals surface area contributed by atoms with Gasteiger partial charge in [-0.05, 0) is 26.0 Å². The maximum Gasteiger partial charge on any atom is 0.341 e. The van der Waals surface area contributed by atoms with Gasteiger partial charge in [0.1, 0.15) is 12.2 Å². The first-order chi connectivity index (χ1) is 12.4. The van der Waals surface area contributed by atoms with Gasteiger partial charge >= 0.3 is 5.97 Å². The number of rotatable bonds is 6. The topological polar surface area (TPSA) is 68.5 Å². The van der Waals surface area contributed by atoms with Gasteiger partial charge in [-0.1, -0.05) is 29.3 Å². The molecule has 0 amide bonds. The van der Waals surface area contributed by atoms with Crippen LogP contribution in [0.15, 0.2) is 29.1 Å². The Kier molecular flexibility index (Phi) is 6.73. The summed E-state index contributed by atoms with van der Waals surface area (Å²) in [6.45, 7) is 4.24. The third kappa shape index (κ3) is 4.21. The molecule has 0 radical (unpaired) electrons. The highest BCUT2D eigenvalue weighted by Gasteiger charge is 2.22. The number of carbonyl (C=O) groups is 1. The summed E-state index contributed by atoms with van der Waals surface area (Å²) >= 11 is 12.0. The zero-order valence-corrected chi connectivity index (χ0v) is 15.8. The maximum atomic E-state index is 12.4. The van der Waals surface area contributed by atoms with E-state index in [0.29, 0.717) is 23.6 Å². The molecule has 0 fully saturated rings. The molecular formula is C19H17Cl2NO4. The monoisotopic (exact) mass is 393 g/mol. The van der Waals surface area contributed by atoms with E-state index in [1.807, 2.05) is 6.92 Å². The SMILES string of the molecule is CC#CCCOc1cc(=O)c(C(=O)O)c(-c2ccc(Cl)c(Cl)c2)n1CC. The van der Waals surface area contributed by atoms with Crippen molar-refractivity contribution in [2.75, 3.05) is 6.61 Å². The fraction of sp³-hybridized carbons (Fsp3) is 0.263. The zero-order valence-electron chi connectivity index (χ0n) is 14.3. The number of hydrogen-bond donors (Lipinski definition) is 1. The number of ether oxygens (including phenoxy) is 1. The Morgan fingerprint density at radius 2 is 2.00 bits per heavy atom. The van der Waals surface area contributed by atoms with Crippen molar-refractivity contribution < 1.29 is 14.6 Å². The van der Waals surface area contributed by atoms with Crippen molar-refractivity contribution in [1.29, 1.82) is 0 Å².